The van der Waals surface area contributed by atoms with Gasteiger partial charge in [-0.3, -0.25) is 4.79 Å². The fourth-order valence-electron chi connectivity index (χ4n) is 4.60. The third kappa shape index (κ3) is 5.49. The fourth-order valence-corrected chi connectivity index (χ4v) is 6.03. The van der Waals surface area contributed by atoms with Gasteiger partial charge in [-0.15, -0.1) is 0 Å². The monoisotopic (exact) mass is 527 g/mol. The number of aromatic nitrogens is 2. The number of fused-ring (bicyclic) bond motifs is 2. The lowest BCUT2D eigenvalue weighted by atomic mass is 9.98. The predicted molar refractivity (Wildman–Crippen MR) is 145 cm³/mol. The summed E-state index contributed by atoms with van der Waals surface area (Å²) in [6, 6.07) is 5.90. The van der Waals surface area contributed by atoms with Crippen molar-refractivity contribution in [3.63, 3.8) is 0 Å². The second-order valence-corrected chi connectivity index (χ2v) is 10.7. The number of anilines is 1. The molecule has 0 radical (unpaired) electrons. The van der Waals surface area contributed by atoms with Gasteiger partial charge < -0.3 is 25.8 Å². The molecule has 1 fully saturated rings. The minimum atomic E-state index is -0.0908. The largest absolute Gasteiger partial charge is 0.490 e. The van der Waals surface area contributed by atoms with E-state index in [1.807, 2.05) is 25.3 Å². The first-order valence-corrected chi connectivity index (χ1v) is 13.3. The Kier molecular flexibility index (Phi) is 7.71. The molecule has 2 aromatic rings. The highest BCUT2D eigenvalue weighted by atomic mass is 35.5. The maximum Gasteiger partial charge on any atom is 0.267 e. The van der Waals surface area contributed by atoms with Crippen LogP contribution < -0.4 is 26.2 Å². The summed E-state index contributed by atoms with van der Waals surface area (Å²) in [6.45, 7) is 5.09. The molecular formula is C26H30ClN5O3S. The van der Waals surface area contributed by atoms with Crippen LogP contribution in [0.25, 0.3) is 5.57 Å². The van der Waals surface area contributed by atoms with Gasteiger partial charge in [0, 0.05) is 45.1 Å². The molecule has 4 aliphatic rings. The van der Waals surface area contributed by atoms with E-state index in [0.717, 1.165) is 52.6 Å². The van der Waals surface area contributed by atoms with Crippen LogP contribution >= 0.6 is 23.4 Å². The number of thioether (sulfide) groups is 1. The van der Waals surface area contributed by atoms with Crippen molar-refractivity contribution in [2.45, 2.75) is 38.4 Å². The van der Waals surface area contributed by atoms with E-state index in [9.17, 15) is 4.79 Å². The maximum absolute atomic E-state index is 12.2. The number of hydrogen-bond acceptors (Lipinski definition) is 8. The molecule has 2 atom stereocenters. The molecule has 4 N–H and O–H groups in total. The molecule has 8 nitrogen and oxygen atoms in total. The Bertz CT molecular complexity index is 1280. The number of aliphatic hydroxyl groups is 1. The summed E-state index contributed by atoms with van der Waals surface area (Å²) in [5.41, 5.74) is 3.87. The first-order valence-electron chi connectivity index (χ1n) is 12.2. The van der Waals surface area contributed by atoms with Crippen LogP contribution in [-0.2, 0) is 6.54 Å². The number of allylic oxidation sites excluding steroid dienone is 3. The van der Waals surface area contributed by atoms with Crippen LogP contribution in [0.3, 0.4) is 0 Å². The lowest BCUT2D eigenvalue weighted by molar-refractivity contribution is 0.255. The highest BCUT2D eigenvalue weighted by Gasteiger charge is 2.29. The third-order valence-electron chi connectivity index (χ3n) is 6.38. The fraction of sp³-hybridized carbons (Fsp3) is 0.385. The van der Waals surface area contributed by atoms with E-state index >= 15 is 0 Å². The van der Waals surface area contributed by atoms with E-state index in [1.165, 1.54) is 16.0 Å². The first-order chi connectivity index (χ1) is 17.5. The van der Waals surface area contributed by atoms with Gasteiger partial charge in [-0.05, 0) is 61.9 Å². The van der Waals surface area contributed by atoms with Crippen LogP contribution in [-0.4, -0.2) is 53.3 Å². The molecule has 0 bridgehead atoms. The van der Waals surface area contributed by atoms with E-state index in [-0.39, 0.29) is 11.6 Å². The van der Waals surface area contributed by atoms with Crippen molar-refractivity contribution < 1.29 is 9.84 Å². The zero-order valence-corrected chi connectivity index (χ0v) is 21.7. The zero-order valence-electron chi connectivity index (χ0n) is 20.1. The van der Waals surface area contributed by atoms with Crippen molar-refractivity contribution >= 4 is 34.6 Å². The summed E-state index contributed by atoms with van der Waals surface area (Å²) in [6.07, 6.45) is 10.3. The molecule has 0 amide bonds. The summed E-state index contributed by atoms with van der Waals surface area (Å²) in [4.78, 5) is 14.5. The highest BCUT2D eigenvalue weighted by Crippen LogP contribution is 2.47. The highest BCUT2D eigenvalue weighted by molar-refractivity contribution is 8.07. The van der Waals surface area contributed by atoms with E-state index in [4.69, 9.17) is 21.4 Å². The number of ether oxygens (including phenoxy) is 1. The van der Waals surface area contributed by atoms with Gasteiger partial charge >= 0.3 is 0 Å². The molecule has 1 saturated heterocycles. The van der Waals surface area contributed by atoms with Gasteiger partial charge in [-0.2, -0.15) is 5.10 Å². The van der Waals surface area contributed by atoms with Gasteiger partial charge in [-0.1, -0.05) is 23.4 Å². The molecule has 10 heteroatoms. The number of nitrogens with one attached hydrogen (secondary N) is 3. The van der Waals surface area contributed by atoms with E-state index in [1.54, 1.807) is 24.0 Å². The standard InChI is InChI=1S/C21H19ClN4O2S.C5H11NO/c1-12-6-19(27)26(25-10-12)11-14-9-17-21(29-14)15(2-3-23-17)16-7-13(22)8-18-20(16)24-4-5-28-18;7-4-5-2-1-3-6-5/h2-3,6-10,17,23-24H,4-5,11H2,1H3;5-7H,1-4H2/t;5-/m.1/s1. The Morgan fingerprint density at radius 1 is 1.31 bits per heavy atom. The van der Waals surface area contributed by atoms with Crippen LogP contribution in [0.1, 0.15) is 24.0 Å². The summed E-state index contributed by atoms with van der Waals surface area (Å²) in [5, 5.41) is 23.4. The Morgan fingerprint density at radius 2 is 2.19 bits per heavy atom. The van der Waals surface area contributed by atoms with Crippen LogP contribution in [0.15, 0.2) is 57.4 Å². The van der Waals surface area contributed by atoms with Gasteiger partial charge in [0.15, 0.2) is 0 Å². The average molecular weight is 528 g/mol. The number of aliphatic hydroxyl groups excluding tert-OH is 1. The molecule has 1 aromatic carbocycles. The number of benzene rings is 1. The molecular weight excluding hydrogens is 498 g/mol. The van der Waals surface area contributed by atoms with Crippen molar-refractivity contribution in [2.75, 3.05) is 31.6 Å². The van der Waals surface area contributed by atoms with Crippen LogP contribution in [0.2, 0.25) is 5.02 Å². The Morgan fingerprint density at radius 3 is 2.94 bits per heavy atom. The predicted octanol–water partition coefficient (Wildman–Crippen LogP) is 3.27. The number of rotatable bonds is 4. The van der Waals surface area contributed by atoms with Crippen LogP contribution in [0, 0.1) is 6.92 Å². The number of halogens is 1. The Hall–Kier alpha value is -2.72. The second-order valence-electron chi connectivity index (χ2n) is 9.10. The molecule has 1 unspecified atom stereocenters. The van der Waals surface area contributed by atoms with Crippen molar-refractivity contribution in [3.8, 4) is 5.75 Å². The quantitative estimate of drug-likeness (QED) is 0.481. The normalized spacial score (nSPS) is 21.9. The molecule has 0 saturated carbocycles. The van der Waals surface area contributed by atoms with Crippen molar-refractivity contribution in [1.82, 2.24) is 20.4 Å². The van der Waals surface area contributed by atoms with Crippen molar-refractivity contribution in [1.29, 1.82) is 0 Å². The summed E-state index contributed by atoms with van der Waals surface area (Å²) >= 11 is 8.05. The van der Waals surface area contributed by atoms with Crippen molar-refractivity contribution in [3.05, 3.63) is 79.1 Å². The molecule has 0 aliphatic carbocycles. The SMILES string of the molecule is Cc1cnn(CC2=CC3NC=CC(c4cc(Cl)cc5c4NCCO5)=C3S2)c(=O)c1.OC[C@H]1CCCN1. The Labute approximate surface area is 219 Å². The summed E-state index contributed by atoms with van der Waals surface area (Å²) in [5.74, 6) is 0.780. The van der Waals surface area contributed by atoms with Gasteiger partial charge in [0.1, 0.15) is 12.4 Å². The van der Waals surface area contributed by atoms with E-state index < -0.39 is 0 Å². The summed E-state index contributed by atoms with van der Waals surface area (Å²) < 4.78 is 7.29. The van der Waals surface area contributed by atoms with Gasteiger partial charge in [0.05, 0.1) is 31.1 Å². The number of aryl methyl sites for hydroxylation is 1. The summed E-state index contributed by atoms with van der Waals surface area (Å²) in [7, 11) is 0. The smallest absolute Gasteiger partial charge is 0.267 e. The minimum Gasteiger partial charge on any atom is -0.490 e. The van der Waals surface area contributed by atoms with Crippen molar-refractivity contribution in [2.24, 2.45) is 0 Å². The van der Waals surface area contributed by atoms with E-state index in [0.29, 0.717) is 30.8 Å². The average Bonchev–Trinajstić information content (AvgIpc) is 3.55. The molecule has 5 heterocycles. The molecule has 4 aliphatic heterocycles. The third-order valence-corrected chi connectivity index (χ3v) is 7.82. The lowest BCUT2D eigenvalue weighted by Gasteiger charge is -2.26. The van der Waals surface area contributed by atoms with Gasteiger partial charge in [0.2, 0.25) is 0 Å². The molecule has 6 rings (SSSR count). The molecule has 36 heavy (non-hydrogen) atoms. The maximum atomic E-state index is 12.2. The van der Waals surface area contributed by atoms with Gasteiger partial charge in [-0.25, -0.2) is 4.68 Å². The van der Waals surface area contributed by atoms with Crippen LogP contribution in [0.5, 0.6) is 5.75 Å². The van der Waals surface area contributed by atoms with Crippen LogP contribution in [0.4, 0.5) is 5.69 Å². The number of dihydropyridines is 1. The lowest BCUT2D eigenvalue weighted by Crippen LogP contribution is -2.25. The number of nitrogens with zero attached hydrogens (tertiary/aromatic N) is 2. The zero-order chi connectivity index (χ0) is 25.1. The van der Waals surface area contributed by atoms with Gasteiger partial charge in [0.25, 0.3) is 5.56 Å². The second kappa shape index (κ2) is 11.1. The Balaban J connectivity index is 0.000000330. The topological polar surface area (TPSA) is 100 Å². The minimum absolute atomic E-state index is 0.0651. The molecule has 0 spiro atoms. The number of hydrogen-bond donors (Lipinski definition) is 4. The first kappa shape index (κ1) is 25.0. The molecule has 1 aromatic heterocycles. The molecule has 190 valence electrons. The van der Waals surface area contributed by atoms with E-state index in [2.05, 4.69) is 33.2 Å².